The first-order valence-corrected chi connectivity index (χ1v) is 20.0. The first kappa shape index (κ1) is 39.6. The first-order chi connectivity index (χ1) is 27.4. The second-order valence-electron chi connectivity index (χ2n) is 16.3. The van der Waals surface area contributed by atoms with Crippen LogP contribution in [0.3, 0.4) is 0 Å². The van der Waals surface area contributed by atoms with E-state index in [2.05, 4.69) is 70.1 Å². The fourth-order valence-corrected chi connectivity index (χ4v) is 9.29. The van der Waals surface area contributed by atoms with Crippen molar-refractivity contribution in [2.75, 3.05) is 20.8 Å². The molecule has 6 atom stereocenters. The number of aromatic amines is 2. The predicted octanol–water partition coefficient (Wildman–Crippen LogP) is 7.12. The van der Waals surface area contributed by atoms with E-state index in [1.165, 1.54) is 19.2 Å². The third kappa shape index (κ3) is 7.86. The van der Waals surface area contributed by atoms with E-state index < -0.39 is 18.2 Å². The number of H-pyrrole nitrogens is 2. The molecule has 1 aliphatic heterocycles. The maximum atomic E-state index is 13.9. The summed E-state index contributed by atoms with van der Waals surface area (Å²) >= 11 is 0. The molecule has 3 aliphatic rings. The van der Waals surface area contributed by atoms with Gasteiger partial charge in [-0.15, -0.1) is 0 Å². The van der Waals surface area contributed by atoms with Gasteiger partial charge in [-0.1, -0.05) is 56.3 Å². The summed E-state index contributed by atoms with van der Waals surface area (Å²) < 4.78 is 9.57. The van der Waals surface area contributed by atoms with Crippen LogP contribution < -0.4 is 10.7 Å². The van der Waals surface area contributed by atoms with Crippen molar-refractivity contribution in [3.8, 4) is 33.9 Å². The molecule has 0 spiro atoms. The number of imidazole rings is 2. The summed E-state index contributed by atoms with van der Waals surface area (Å²) in [5, 5.41) is 4.13. The monoisotopic (exact) mass is 778 g/mol. The Labute approximate surface area is 333 Å². The van der Waals surface area contributed by atoms with Crippen molar-refractivity contribution in [3.05, 3.63) is 71.8 Å². The number of amides is 4. The number of nitrogens with zero attached hydrogens (tertiary/aromatic N) is 4. The SMILES string of the molecule is COC(=O)N[C@H](C(=O)N1CCC[C@H]1c1cnc(-c2ccc(-c3ccc(-c4ncc([C@@H]5C6CCC(C6)C5C(=O)N(NC(=O)OC)C(C)C)[nH]4)cc3)cc2C)[nH]1)C(C)C. The molecule has 3 unspecified atom stereocenters. The van der Waals surface area contributed by atoms with E-state index in [9.17, 15) is 19.2 Å². The van der Waals surface area contributed by atoms with Crippen LogP contribution in [0.5, 0.6) is 0 Å². The van der Waals surface area contributed by atoms with Crippen molar-refractivity contribution in [2.24, 2.45) is 23.7 Å². The van der Waals surface area contributed by atoms with Crippen LogP contribution in [0.2, 0.25) is 0 Å². The van der Waals surface area contributed by atoms with Gasteiger partial charge in [-0.05, 0) is 87.3 Å². The van der Waals surface area contributed by atoms with Gasteiger partial charge in [0.05, 0.1) is 38.1 Å². The lowest BCUT2D eigenvalue weighted by Crippen LogP contribution is -2.53. The molecule has 4 amide bonds. The highest BCUT2D eigenvalue weighted by atomic mass is 16.5. The summed E-state index contributed by atoms with van der Waals surface area (Å²) in [7, 11) is 2.59. The molecular formula is C43H54N8O6. The van der Waals surface area contributed by atoms with Gasteiger partial charge in [-0.3, -0.25) is 9.59 Å². The number of rotatable bonds is 10. The van der Waals surface area contributed by atoms with Gasteiger partial charge >= 0.3 is 12.2 Å². The number of aromatic nitrogens is 4. The number of hydrogen-bond acceptors (Lipinski definition) is 8. The molecule has 3 heterocycles. The summed E-state index contributed by atoms with van der Waals surface area (Å²) in [4.78, 5) is 70.0. The van der Waals surface area contributed by atoms with Gasteiger partial charge in [-0.2, -0.15) is 0 Å². The zero-order chi connectivity index (χ0) is 40.5. The number of ether oxygens (including phenoxy) is 2. The molecule has 57 heavy (non-hydrogen) atoms. The Balaban J connectivity index is 1.04. The minimum Gasteiger partial charge on any atom is -0.453 e. The minimum absolute atomic E-state index is 0.00337. The number of likely N-dealkylation sites (tertiary alicyclic amines) is 1. The molecule has 0 radical (unpaired) electrons. The lowest BCUT2D eigenvalue weighted by atomic mass is 9.77. The Bertz CT molecular complexity index is 2110. The fraction of sp³-hybridized carbons (Fsp3) is 0.488. The quantitative estimate of drug-likeness (QED) is 0.123. The highest BCUT2D eigenvalue weighted by Gasteiger charge is 2.53. The molecule has 4 aromatic rings. The number of aryl methyl sites for hydroxylation is 1. The molecule has 302 valence electrons. The molecule has 7 rings (SSSR count). The topological polar surface area (TPSA) is 175 Å². The van der Waals surface area contributed by atoms with Crippen LogP contribution in [0, 0.1) is 30.6 Å². The lowest BCUT2D eigenvalue weighted by molar-refractivity contribution is -0.143. The number of benzene rings is 2. The van der Waals surface area contributed by atoms with Crippen molar-refractivity contribution >= 4 is 24.0 Å². The molecule has 2 saturated carbocycles. The normalized spacial score (nSPS) is 21.8. The van der Waals surface area contributed by atoms with Crippen LogP contribution in [0.15, 0.2) is 54.9 Å². The second-order valence-corrected chi connectivity index (χ2v) is 16.3. The molecule has 1 saturated heterocycles. The summed E-state index contributed by atoms with van der Waals surface area (Å²) in [5.41, 5.74) is 9.57. The standard InChI is InChI=1S/C43H54N8O6/c1-23(2)37(48-42(54)56-6)41(53)50-18-8-9-34(50)32-21-45-39(46-32)31-17-16-28(19-25(31)5)26-10-12-27(13-11-26)38-44-22-33(47-38)35-29-14-15-30(20-29)36(35)40(52)51(24(3)4)49-43(55)57-7/h10-13,16-17,19,21-24,29-30,34-37H,8-9,14-15,18,20H2,1-7H3,(H,44,47)(H,45,46)(H,48,54)(H,49,55)/t29?,30?,34-,35-,36?,37-/m0/s1. The molecule has 4 N–H and O–H groups in total. The number of carbonyl (C=O) groups is 4. The van der Waals surface area contributed by atoms with Gasteiger partial charge in [-0.25, -0.2) is 30.0 Å². The number of methoxy groups -OCH3 is 2. The lowest BCUT2D eigenvalue weighted by Gasteiger charge is -2.35. The first-order valence-electron chi connectivity index (χ1n) is 20.0. The summed E-state index contributed by atoms with van der Waals surface area (Å²) in [5.74, 6) is 1.57. The molecule has 2 aromatic carbocycles. The number of carbonyl (C=O) groups excluding carboxylic acids is 4. The van der Waals surface area contributed by atoms with Crippen LogP contribution in [0.1, 0.15) is 88.7 Å². The van der Waals surface area contributed by atoms with Crippen LogP contribution in [0.4, 0.5) is 9.59 Å². The largest absolute Gasteiger partial charge is 0.453 e. The van der Waals surface area contributed by atoms with Gasteiger partial charge in [0.15, 0.2) is 0 Å². The van der Waals surface area contributed by atoms with Crippen molar-refractivity contribution in [3.63, 3.8) is 0 Å². The van der Waals surface area contributed by atoms with Gasteiger partial charge in [0.1, 0.15) is 17.7 Å². The van der Waals surface area contributed by atoms with Gasteiger partial charge in [0.2, 0.25) is 11.8 Å². The Morgan fingerprint density at radius 3 is 2.16 bits per heavy atom. The molecule has 14 nitrogen and oxygen atoms in total. The summed E-state index contributed by atoms with van der Waals surface area (Å²) in [6.45, 7) is 10.3. The van der Waals surface area contributed by atoms with Crippen LogP contribution >= 0.6 is 0 Å². The highest BCUT2D eigenvalue weighted by Crippen LogP contribution is 2.57. The van der Waals surface area contributed by atoms with Crippen molar-refractivity contribution in [1.82, 2.24) is 40.6 Å². The molecule has 14 heteroatoms. The van der Waals surface area contributed by atoms with Gasteiger partial charge in [0, 0.05) is 41.5 Å². The molecule has 2 aliphatic carbocycles. The van der Waals surface area contributed by atoms with E-state index in [0.717, 1.165) is 83.0 Å². The molecule has 2 aromatic heterocycles. The second kappa shape index (κ2) is 16.4. The Morgan fingerprint density at radius 1 is 0.825 bits per heavy atom. The average Bonchev–Trinajstić information content (AvgIpc) is 4.06. The van der Waals surface area contributed by atoms with E-state index >= 15 is 0 Å². The van der Waals surface area contributed by atoms with E-state index in [1.807, 2.05) is 45.0 Å². The molecular weight excluding hydrogens is 725 g/mol. The van der Waals surface area contributed by atoms with Crippen LogP contribution in [-0.4, -0.2) is 86.7 Å². The number of alkyl carbamates (subject to hydrolysis) is 1. The van der Waals surface area contributed by atoms with E-state index in [1.54, 1.807) is 0 Å². The summed E-state index contributed by atoms with van der Waals surface area (Å²) in [6, 6.07) is 13.5. The number of nitrogens with one attached hydrogen (secondary N) is 4. The van der Waals surface area contributed by atoms with Crippen molar-refractivity contribution in [2.45, 2.75) is 90.8 Å². The highest BCUT2D eigenvalue weighted by molar-refractivity contribution is 5.86. The Kier molecular flexibility index (Phi) is 11.4. The zero-order valence-corrected chi connectivity index (χ0v) is 33.8. The number of hydrogen-bond donors (Lipinski definition) is 4. The Morgan fingerprint density at radius 2 is 1.47 bits per heavy atom. The smallest absolute Gasteiger partial charge is 0.425 e. The number of fused-ring (bicyclic) bond motifs is 2. The van der Waals surface area contributed by atoms with Crippen LogP contribution in [0.25, 0.3) is 33.9 Å². The molecule has 3 fully saturated rings. The summed E-state index contributed by atoms with van der Waals surface area (Å²) in [6.07, 6.45) is 7.15. The van der Waals surface area contributed by atoms with Gasteiger partial charge < -0.3 is 29.7 Å². The Hall–Kier alpha value is -5.66. The predicted molar refractivity (Wildman–Crippen MR) is 214 cm³/mol. The fourth-order valence-electron chi connectivity index (χ4n) is 9.29. The van der Waals surface area contributed by atoms with E-state index in [4.69, 9.17) is 19.4 Å². The minimum atomic E-state index is -0.682. The van der Waals surface area contributed by atoms with Crippen molar-refractivity contribution in [1.29, 1.82) is 0 Å². The van der Waals surface area contributed by atoms with E-state index in [-0.39, 0.29) is 47.6 Å². The van der Waals surface area contributed by atoms with Crippen molar-refractivity contribution < 1.29 is 28.7 Å². The number of hydrazine groups is 1. The maximum absolute atomic E-state index is 13.9. The average molecular weight is 779 g/mol. The zero-order valence-electron chi connectivity index (χ0n) is 33.8. The third-order valence-corrected chi connectivity index (χ3v) is 12.2. The molecule has 2 bridgehead atoms. The van der Waals surface area contributed by atoms with Crippen LogP contribution in [-0.2, 0) is 19.1 Å². The third-order valence-electron chi connectivity index (χ3n) is 12.2. The maximum Gasteiger partial charge on any atom is 0.425 e. The van der Waals surface area contributed by atoms with E-state index in [0.29, 0.717) is 12.5 Å². The van der Waals surface area contributed by atoms with Gasteiger partial charge in [0.25, 0.3) is 0 Å².